The molecule has 2 aliphatic rings. The molecule has 0 N–H and O–H groups in total. The largest absolute Gasteiger partial charge is 0.377 e. The quantitative estimate of drug-likeness (QED) is 0.496. The molecule has 10 nitrogen and oxygen atoms in total. The molecule has 0 spiro atoms. The molecule has 0 radical (unpaired) electrons. The maximum Gasteiger partial charge on any atom is 0.237 e. The highest BCUT2D eigenvalue weighted by atomic mass is 19.1. The predicted molar refractivity (Wildman–Crippen MR) is 107 cm³/mol. The average molecular weight is 419 g/mol. The van der Waals surface area contributed by atoms with Crippen molar-refractivity contribution in [1.29, 1.82) is 0 Å². The molecule has 0 aromatic carbocycles. The summed E-state index contributed by atoms with van der Waals surface area (Å²) in [5.74, 6) is 2.20. The van der Waals surface area contributed by atoms with E-state index >= 15 is 0 Å². The third kappa shape index (κ3) is 2.53. The van der Waals surface area contributed by atoms with Gasteiger partial charge in [-0.05, 0) is 18.6 Å². The van der Waals surface area contributed by atoms with Gasteiger partial charge in [-0.25, -0.2) is 19.3 Å². The number of hydrogen-bond acceptors (Lipinski definition) is 8. The van der Waals surface area contributed by atoms with Crippen molar-refractivity contribution in [3.63, 3.8) is 0 Å². The maximum atomic E-state index is 13.3. The smallest absolute Gasteiger partial charge is 0.237 e. The monoisotopic (exact) mass is 419 g/mol. The van der Waals surface area contributed by atoms with Crippen LogP contribution in [0.1, 0.15) is 19.2 Å². The molecule has 31 heavy (non-hydrogen) atoms. The lowest BCUT2D eigenvalue weighted by Gasteiger charge is -2.49. The van der Waals surface area contributed by atoms with Crippen LogP contribution >= 0.6 is 0 Å². The van der Waals surface area contributed by atoms with Crippen molar-refractivity contribution >= 4 is 5.82 Å². The van der Waals surface area contributed by atoms with Gasteiger partial charge in [-0.3, -0.25) is 9.13 Å². The molecule has 0 bridgehead atoms. The first-order chi connectivity index (χ1) is 15.2. The zero-order valence-electron chi connectivity index (χ0n) is 16.7. The van der Waals surface area contributed by atoms with Gasteiger partial charge in [0.05, 0.1) is 25.6 Å². The van der Waals surface area contributed by atoms with Gasteiger partial charge in [-0.2, -0.15) is 4.98 Å². The summed E-state index contributed by atoms with van der Waals surface area (Å²) in [7, 11) is 0. The van der Waals surface area contributed by atoms with Crippen LogP contribution in [0.25, 0.3) is 23.2 Å². The van der Waals surface area contributed by atoms with Gasteiger partial charge < -0.3 is 9.64 Å². The van der Waals surface area contributed by atoms with Crippen molar-refractivity contribution in [1.82, 2.24) is 39.3 Å². The normalized spacial score (nSPS) is 19.6. The fourth-order valence-corrected chi connectivity index (χ4v) is 4.37. The standard InChI is InChI=1S/C20H18FN9O/c1-2-20-11-31-8-7-30(20)17-15(29-12-25-27-18(20)29)10-24-19(26-17)28-6-5-22-16(28)14-4-3-13(21)9-23-14/h3-6,9-10,12H,2,7-8,11H2,1H3/t20-/m1/s1. The first-order valence-electron chi connectivity index (χ1n) is 10.0. The van der Waals surface area contributed by atoms with Gasteiger partial charge in [0.2, 0.25) is 5.95 Å². The van der Waals surface area contributed by atoms with Crippen LogP contribution in [0, 0.1) is 5.82 Å². The van der Waals surface area contributed by atoms with Gasteiger partial charge in [0.1, 0.15) is 29.1 Å². The molecule has 6 rings (SSSR count). The fraction of sp³-hybridized carbons (Fsp3) is 0.300. The molecule has 11 heteroatoms. The van der Waals surface area contributed by atoms with Gasteiger partial charge >= 0.3 is 0 Å². The predicted octanol–water partition coefficient (Wildman–Crippen LogP) is 1.90. The first-order valence-corrected chi connectivity index (χ1v) is 10.0. The van der Waals surface area contributed by atoms with Crippen molar-refractivity contribution in [2.24, 2.45) is 0 Å². The van der Waals surface area contributed by atoms with Crippen LogP contribution in [0.3, 0.4) is 0 Å². The van der Waals surface area contributed by atoms with E-state index in [0.717, 1.165) is 23.8 Å². The number of hydrogen-bond donors (Lipinski definition) is 0. The summed E-state index contributed by atoms with van der Waals surface area (Å²) in [4.78, 5) is 20.3. The Kier molecular flexibility index (Phi) is 3.87. The Balaban J connectivity index is 1.52. The minimum absolute atomic E-state index is 0.403. The van der Waals surface area contributed by atoms with Crippen molar-refractivity contribution in [3.8, 4) is 23.2 Å². The van der Waals surface area contributed by atoms with Gasteiger partial charge in [0.25, 0.3) is 0 Å². The third-order valence-electron chi connectivity index (χ3n) is 5.93. The molecule has 6 heterocycles. The molecule has 4 aromatic heterocycles. The second kappa shape index (κ2) is 6.64. The Bertz CT molecular complexity index is 1270. The first kappa shape index (κ1) is 18.1. The van der Waals surface area contributed by atoms with Crippen molar-refractivity contribution in [2.75, 3.05) is 24.7 Å². The highest BCUT2D eigenvalue weighted by Crippen LogP contribution is 2.43. The fourth-order valence-electron chi connectivity index (χ4n) is 4.37. The summed E-state index contributed by atoms with van der Waals surface area (Å²) in [5, 5.41) is 8.54. The van der Waals surface area contributed by atoms with Gasteiger partial charge in [0.15, 0.2) is 17.5 Å². The highest BCUT2D eigenvalue weighted by Gasteiger charge is 2.48. The number of fused-ring (bicyclic) bond motifs is 6. The van der Waals surface area contributed by atoms with Crippen molar-refractivity contribution < 1.29 is 9.13 Å². The molecule has 0 unspecified atom stereocenters. The second-order valence-electron chi connectivity index (χ2n) is 7.48. The van der Waals surface area contributed by atoms with E-state index in [2.05, 4.69) is 37.0 Å². The lowest BCUT2D eigenvalue weighted by atomic mass is 9.90. The van der Waals surface area contributed by atoms with Crippen molar-refractivity contribution in [3.05, 3.63) is 54.9 Å². The number of aromatic nitrogens is 8. The number of anilines is 1. The third-order valence-corrected chi connectivity index (χ3v) is 5.93. The number of ether oxygens (including phenoxy) is 1. The molecule has 156 valence electrons. The Morgan fingerprint density at radius 1 is 1.16 bits per heavy atom. The van der Waals surface area contributed by atoms with Crippen LogP contribution in [0.5, 0.6) is 0 Å². The summed E-state index contributed by atoms with van der Waals surface area (Å²) in [6.45, 7) is 3.91. The van der Waals surface area contributed by atoms with Crippen LogP contribution in [0.4, 0.5) is 10.2 Å². The Morgan fingerprint density at radius 2 is 2.10 bits per heavy atom. The molecule has 1 atom stereocenters. The van der Waals surface area contributed by atoms with E-state index < -0.39 is 11.4 Å². The molecular weight excluding hydrogens is 401 g/mol. The number of nitrogens with zero attached hydrogens (tertiary/aromatic N) is 9. The van der Waals surface area contributed by atoms with Crippen LogP contribution in [-0.4, -0.2) is 59.0 Å². The average Bonchev–Trinajstić information content (AvgIpc) is 3.50. The molecule has 1 fully saturated rings. The molecule has 1 saturated heterocycles. The van der Waals surface area contributed by atoms with E-state index in [0.29, 0.717) is 37.2 Å². The van der Waals surface area contributed by atoms with Crippen molar-refractivity contribution in [2.45, 2.75) is 18.9 Å². The zero-order chi connectivity index (χ0) is 21.0. The molecule has 0 amide bonds. The molecule has 0 saturated carbocycles. The summed E-state index contributed by atoms with van der Waals surface area (Å²) < 4.78 is 22.8. The Morgan fingerprint density at radius 3 is 2.94 bits per heavy atom. The minimum atomic E-state index is -0.441. The summed E-state index contributed by atoms with van der Waals surface area (Å²) in [5.41, 5.74) is 0.906. The Hall–Kier alpha value is -3.73. The van der Waals surface area contributed by atoms with Gasteiger partial charge in [0, 0.05) is 18.9 Å². The summed E-state index contributed by atoms with van der Waals surface area (Å²) in [6, 6.07) is 2.94. The second-order valence-corrected chi connectivity index (χ2v) is 7.48. The molecule has 0 aliphatic carbocycles. The number of pyridine rings is 1. The van der Waals surface area contributed by atoms with Crippen LogP contribution in [0.15, 0.2) is 43.2 Å². The van der Waals surface area contributed by atoms with E-state index in [9.17, 15) is 4.39 Å². The highest BCUT2D eigenvalue weighted by molar-refractivity contribution is 5.64. The molecular formula is C20H18FN9O. The SMILES string of the molecule is CC[C@]12COCCN1c1nc(-n3ccnc3-c3ccc(F)cn3)ncc1-n1cnnc12. The Labute approximate surface area is 176 Å². The van der Waals surface area contributed by atoms with Crippen LogP contribution < -0.4 is 4.90 Å². The van der Waals surface area contributed by atoms with E-state index in [4.69, 9.17) is 9.72 Å². The molecule has 2 aliphatic heterocycles. The van der Waals surface area contributed by atoms with Crippen LogP contribution in [0.2, 0.25) is 0 Å². The minimum Gasteiger partial charge on any atom is -0.377 e. The van der Waals surface area contributed by atoms with E-state index in [1.54, 1.807) is 35.6 Å². The van der Waals surface area contributed by atoms with Gasteiger partial charge in [-0.1, -0.05) is 6.92 Å². The topological polar surface area (TPSA) is 99.7 Å². The maximum absolute atomic E-state index is 13.3. The van der Waals surface area contributed by atoms with Gasteiger partial charge in [-0.15, -0.1) is 10.2 Å². The summed E-state index contributed by atoms with van der Waals surface area (Å²) in [6.07, 6.45) is 8.82. The number of morpholine rings is 1. The lowest BCUT2D eigenvalue weighted by molar-refractivity contribution is 0.0390. The number of rotatable bonds is 3. The summed E-state index contributed by atoms with van der Waals surface area (Å²) >= 11 is 0. The molecule has 4 aromatic rings. The number of imidazole rings is 1. The van der Waals surface area contributed by atoms with E-state index in [1.807, 2.05) is 4.57 Å². The zero-order valence-corrected chi connectivity index (χ0v) is 16.7. The van der Waals surface area contributed by atoms with E-state index in [-0.39, 0.29) is 0 Å². The van der Waals surface area contributed by atoms with Crippen LogP contribution in [-0.2, 0) is 10.3 Å². The number of halogens is 1. The van der Waals surface area contributed by atoms with E-state index in [1.165, 1.54) is 12.3 Å². The lowest BCUT2D eigenvalue weighted by Crippen LogP contribution is -2.58.